The Morgan fingerprint density at radius 1 is 1.00 bits per heavy atom. The van der Waals surface area contributed by atoms with E-state index in [4.69, 9.17) is 16.7 Å². The van der Waals surface area contributed by atoms with Crippen molar-refractivity contribution in [3.8, 4) is 0 Å². The number of nitrogens with one attached hydrogen (secondary N) is 2. The number of benzene rings is 2. The Balaban J connectivity index is 1.94. The average Bonchev–Trinajstić information content (AvgIpc) is 2.56. The minimum absolute atomic E-state index is 0.00649. The summed E-state index contributed by atoms with van der Waals surface area (Å²) < 4.78 is 13.0. The molecule has 0 aliphatic carbocycles. The van der Waals surface area contributed by atoms with E-state index in [2.05, 4.69) is 10.6 Å². The summed E-state index contributed by atoms with van der Waals surface area (Å²) >= 11 is 5.78. The molecule has 2 rings (SSSR count). The number of aryl methyl sites for hydroxylation is 1. The number of carbonyl (C=O) groups is 3. The maximum Gasteiger partial charge on any atom is 0.314 e. The molecule has 0 fully saturated rings. The molecular weight excluding hydrogens is 351 g/mol. The molecule has 0 heterocycles. The molecule has 0 bridgehead atoms. The monoisotopic (exact) mass is 364 g/mol. The molecule has 2 aromatic rings. The molecule has 130 valence electrons. The number of hydrogen-bond donors (Lipinski definition) is 3. The van der Waals surface area contributed by atoms with Gasteiger partial charge in [0.15, 0.2) is 0 Å². The van der Waals surface area contributed by atoms with Gasteiger partial charge >= 0.3 is 17.8 Å². The molecule has 0 radical (unpaired) electrons. The van der Waals surface area contributed by atoms with Crippen LogP contribution in [0.3, 0.4) is 0 Å². The number of anilines is 2. The highest BCUT2D eigenvalue weighted by atomic mass is 35.5. The second-order valence-corrected chi connectivity index (χ2v) is 5.53. The van der Waals surface area contributed by atoms with Gasteiger partial charge < -0.3 is 15.7 Å². The highest BCUT2D eigenvalue weighted by Gasteiger charge is 2.15. The Kier molecular flexibility index (Phi) is 6.08. The smallest absolute Gasteiger partial charge is 0.314 e. The van der Waals surface area contributed by atoms with Crippen molar-refractivity contribution in [1.29, 1.82) is 0 Å². The van der Waals surface area contributed by atoms with E-state index in [0.29, 0.717) is 12.1 Å². The van der Waals surface area contributed by atoms with Crippen LogP contribution in [0.15, 0.2) is 42.5 Å². The van der Waals surface area contributed by atoms with E-state index in [1.165, 1.54) is 6.07 Å². The first-order chi connectivity index (χ1) is 11.8. The van der Waals surface area contributed by atoms with Crippen LogP contribution in [0, 0.1) is 5.82 Å². The van der Waals surface area contributed by atoms with Crippen LogP contribution in [0.25, 0.3) is 0 Å². The highest BCUT2D eigenvalue weighted by Crippen LogP contribution is 2.22. The lowest BCUT2D eigenvalue weighted by atomic mass is 10.1. The van der Waals surface area contributed by atoms with E-state index in [0.717, 1.165) is 17.7 Å². The van der Waals surface area contributed by atoms with E-state index >= 15 is 0 Å². The molecule has 0 spiro atoms. The van der Waals surface area contributed by atoms with Crippen molar-refractivity contribution in [1.82, 2.24) is 0 Å². The third-order valence-electron chi connectivity index (χ3n) is 3.22. The number of amides is 2. The molecule has 0 unspecified atom stereocenters. The number of rotatable bonds is 5. The number of halogens is 2. The fraction of sp³-hybridized carbons (Fsp3) is 0.118. The number of hydrogen-bond acceptors (Lipinski definition) is 3. The van der Waals surface area contributed by atoms with Gasteiger partial charge in [0.05, 0.1) is 10.7 Å². The average molecular weight is 365 g/mol. The number of aliphatic carboxylic acids is 1. The Hall–Kier alpha value is -2.93. The molecule has 8 heteroatoms. The second-order valence-electron chi connectivity index (χ2n) is 5.12. The Morgan fingerprint density at radius 3 is 2.24 bits per heavy atom. The quantitative estimate of drug-likeness (QED) is 0.710. The Morgan fingerprint density at radius 2 is 1.64 bits per heavy atom. The van der Waals surface area contributed by atoms with Gasteiger partial charge in [0, 0.05) is 12.1 Å². The minimum atomic E-state index is -0.955. The van der Waals surface area contributed by atoms with Gasteiger partial charge in [0.2, 0.25) is 0 Å². The first-order valence-electron chi connectivity index (χ1n) is 7.23. The number of carboxylic acid groups (broad SMARTS) is 1. The molecule has 0 aromatic heterocycles. The molecule has 3 N–H and O–H groups in total. The third-order valence-corrected chi connectivity index (χ3v) is 3.54. The lowest BCUT2D eigenvalue weighted by Crippen LogP contribution is -2.29. The van der Waals surface area contributed by atoms with Gasteiger partial charge in [-0.15, -0.1) is 0 Å². The molecule has 0 aliphatic heterocycles. The summed E-state index contributed by atoms with van der Waals surface area (Å²) in [4.78, 5) is 34.3. The molecular formula is C17H14ClFN2O4. The van der Waals surface area contributed by atoms with Crippen LogP contribution in [0.1, 0.15) is 12.0 Å². The summed E-state index contributed by atoms with van der Waals surface area (Å²) in [5.74, 6) is -3.33. The molecule has 2 aromatic carbocycles. The van der Waals surface area contributed by atoms with Crippen molar-refractivity contribution in [2.24, 2.45) is 0 Å². The van der Waals surface area contributed by atoms with Gasteiger partial charge in [0.1, 0.15) is 5.82 Å². The Labute approximate surface area is 147 Å². The van der Waals surface area contributed by atoms with E-state index < -0.39 is 23.6 Å². The topological polar surface area (TPSA) is 95.5 Å². The lowest BCUT2D eigenvalue weighted by molar-refractivity contribution is -0.137. The van der Waals surface area contributed by atoms with Gasteiger partial charge in [-0.2, -0.15) is 0 Å². The van der Waals surface area contributed by atoms with E-state index in [9.17, 15) is 18.8 Å². The van der Waals surface area contributed by atoms with Gasteiger partial charge in [-0.05, 0) is 42.3 Å². The van der Waals surface area contributed by atoms with Crippen molar-refractivity contribution in [3.05, 3.63) is 58.9 Å². The maximum absolute atomic E-state index is 13.0. The van der Waals surface area contributed by atoms with Crippen LogP contribution in [-0.4, -0.2) is 22.9 Å². The molecule has 0 aliphatic rings. The molecule has 0 saturated heterocycles. The van der Waals surface area contributed by atoms with Crippen molar-refractivity contribution in [2.45, 2.75) is 12.8 Å². The molecule has 25 heavy (non-hydrogen) atoms. The predicted octanol–water partition coefficient (Wildman–Crippen LogP) is 3.07. The van der Waals surface area contributed by atoms with Crippen LogP contribution in [0.2, 0.25) is 5.02 Å². The summed E-state index contributed by atoms with van der Waals surface area (Å²) in [5.41, 5.74) is 1.29. The fourth-order valence-corrected chi connectivity index (χ4v) is 2.18. The largest absolute Gasteiger partial charge is 0.481 e. The van der Waals surface area contributed by atoms with Crippen LogP contribution in [0.5, 0.6) is 0 Å². The zero-order valence-corrected chi connectivity index (χ0v) is 13.6. The van der Waals surface area contributed by atoms with Crippen molar-refractivity contribution in [3.63, 3.8) is 0 Å². The maximum atomic E-state index is 13.0. The summed E-state index contributed by atoms with van der Waals surface area (Å²) in [6, 6.07) is 9.82. The Bertz CT molecular complexity index is 809. The SMILES string of the molecule is O=C(O)CCc1ccc(NC(=O)C(=O)Nc2ccc(F)cc2Cl)cc1. The van der Waals surface area contributed by atoms with Crippen molar-refractivity contribution >= 4 is 40.8 Å². The van der Waals surface area contributed by atoms with Gasteiger partial charge in [-0.1, -0.05) is 23.7 Å². The number of carboxylic acids is 1. The molecule has 6 nitrogen and oxygen atoms in total. The number of carbonyl (C=O) groups excluding carboxylic acids is 2. The van der Waals surface area contributed by atoms with E-state index in [1.807, 2.05) is 0 Å². The summed E-state index contributed by atoms with van der Waals surface area (Å²) in [6.07, 6.45) is 0.375. The standard InChI is InChI=1S/C17H14ClFN2O4/c18-13-9-11(19)4-7-14(13)21-17(25)16(24)20-12-5-1-10(2-6-12)3-8-15(22)23/h1-2,4-7,9H,3,8H2,(H,20,24)(H,21,25)(H,22,23). The van der Waals surface area contributed by atoms with Crippen LogP contribution in [0.4, 0.5) is 15.8 Å². The first-order valence-corrected chi connectivity index (χ1v) is 7.61. The van der Waals surface area contributed by atoms with Crippen LogP contribution in [-0.2, 0) is 20.8 Å². The summed E-state index contributed by atoms with van der Waals surface area (Å²) in [7, 11) is 0. The second kappa shape index (κ2) is 8.25. The van der Waals surface area contributed by atoms with E-state index in [-0.39, 0.29) is 17.1 Å². The normalized spacial score (nSPS) is 10.2. The van der Waals surface area contributed by atoms with Gasteiger partial charge in [-0.3, -0.25) is 14.4 Å². The first kappa shape index (κ1) is 18.4. The minimum Gasteiger partial charge on any atom is -0.481 e. The van der Waals surface area contributed by atoms with Gasteiger partial charge in [0.25, 0.3) is 0 Å². The fourth-order valence-electron chi connectivity index (χ4n) is 1.96. The van der Waals surface area contributed by atoms with Gasteiger partial charge in [-0.25, -0.2) is 4.39 Å². The summed E-state index contributed by atoms with van der Waals surface area (Å²) in [5, 5.41) is 13.3. The highest BCUT2D eigenvalue weighted by molar-refractivity contribution is 6.44. The zero-order valence-electron chi connectivity index (χ0n) is 12.9. The molecule has 0 saturated carbocycles. The molecule has 0 atom stereocenters. The predicted molar refractivity (Wildman–Crippen MR) is 91.1 cm³/mol. The summed E-state index contributed by atoms with van der Waals surface area (Å²) in [6.45, 7) is 0. The zero-order chi connectivity index (χ0) is 18.4. The molecule has 2 amide bonds. The van der Waals surface area contributed by atoms with Crippen molar-refractivity contribution in [2.75, 3.05) is 10.6 Å². The third kappa shape index (κ3) is 5.58. The van der Waals surface area contributed by atoms with E-state index in [1.54, 1.807) is 24.3 Å². The lowest BCUT2D eigenvalue weighted by Gasteiger charge is -2.08. The van der Waals surface area contributed by atoms with Crippen molar-refractivity contribution < 1.29 is 23.9 Å². The van der Waals surface area contributed by atoms with Crippen LogP contribution >= 0.6 is 11.6 Å². The van der Waals surface area contributed by atoms with Crippen LogP contribution < -0.4 is 10.6 Å².